The Hall–Kier alpha value is -2.69. The quantitative estimate of drug-likeness (QED) is 0.799. The number of hydrogen-bond acceptors (Lipinski definition) is 5. The second kappa shape index (κ2) is 5.75. The van der Waals surface area contributed by atoms with Gasteiger partial charge in [-0.3, -0.25) is 9.79 Å². The van der Waals surface area contributed by atoms with Crippen LogP contribution < -0.4 is 4.90 Å². The average molecular weight is 280 g/mol. The zero-order chi connectivity index (χ0) is 14.7. The third-order valence-corrected chi connectivity index (χ3v) is 3.38. The highest BCUT2D eigenvalue weighted by atomic mass is 16.1. The molecular weight excluding hydrogens is 264 g/mol. The molecule has 2 aliphatic rings. The second-order valence-electron chi connectivity index (χ2n) is 4.81. The number of carbonyl (C=O) groups excluding carboxylic acids is 1. The van der Waals surface area contributed by atoms with Crippen LogP contribution in [0.2, 0.25) is 0 Å². The Kier molecular flexibility index (Phi) is 3.64. The highest BCUT2D eigenvalue weighted by Gasteiger charge is 2.16. The zero-order valence-electron chi connectivity index (χ0n) is 11.8. The van der Waals surface area contributed by atoms with Crippen molar-refractivity contribution in [2.24, 2.45) is 9.98 Å². The molecule has 0 unspecified atom stereocenters. The van der Waals surface area contributed by atoms with Crippen LogP contribution in [-0.2, 0) is 0 Å². The fourth-order valence-corrected chi connectivity index (χ4v) is 2.33. The van der Waals surface area contributed by atoms with Crippen molar-refractivity contribution in [3.63, 3.8) is 0 Å². The van der Waals surface area contributed by atoms with E-state index in [0.29, 0.717) is 13.1 Å². The monoisotopic (exact) mass is 280 g/mol. The predicted octanol–water partition coefficient (Wildman–Crippen LogP) is 2.44. The van der Waals surface area contributed by atoms with Crippen LogP contribution >= 0.6 is 0 Å². The summed E-state index contributed by atoms with van der Waals surface area (Å²) in [6.07, 6.45) is 9.28. The number of carbonyl (C=O) groups is 1. The summed E-state index contributed by atoms with van der Waals surface area (Å²) in [5.74, 6) is 0.898. The van der Waals surface area contributed by atoms with Gasteiger partial charge < -0.3 is 9.80 Å². The van der Waals surface area contributed by atoms with Crippen LogP contribution in [0.3, 0.4) is 0 Å². The zero-order valence-corrected chi connectivity index (χ0v) is 11.8. The van der Waals surface area contributed by atoms with Crippen LogP contribution in [-0.4, -0.2) is 36.2 Å². The lowest BCUT2D eigenvalue weighted by Crippen LogP contribution is -2.29. The Morgan fingerprint density at radius 2 is 1.95 bits per heavy atom. The molecule has 21 heavy (non-hydrogen) atoms. The van der Waals surface area contributed by atoms with Gasteiger partial charge in [0.25, 0.3) is 0 Å². The van der Waals surface area contributed by atoms with E-state index in [1.54, 1.807) is 13.1 Å². The Morgan fingerprint density at radius 1 is 1.14 bits per heavy atom. The van der Waals surface area contributed by atoms with Crippen molar-refractivity contribution in [3.05, 3.63) is 54.2 Å². The first kappa shape index (κ1) is 13.3. The van der Waals surface area contributed by atoms with Gasteiger partial charge >= 0.3 is 0 Å². The van der Waals surface area contributed by atoms with Crippen molar-refractivity contribution in [1.82, 2.24) is 4.90 Å². The first-order chi connectivity index (χ1) is 10.3. The van der Waals surface area contributed by atoms with Gasteiger partial charge in [-0.25, -0.2) is 4.99 Å². The molecule has 5 nitrogen and oxygen atoms in total. The summed E-state index contributed by atoms with van der Waals surface area (Å²) in [5, 5.41) is 0. The maximum atomic E-state index is 11.8. The van der Waals surface area contributed by atoms with Crippen LogP contribution in [0.5, 0.6) is 0 Å². The normalized spacial score (nSPS) is 17.1. The van der Waals surface area contributed by atoms with Gasteiger partial charge in [0.15, 0.2) is 5.78 Å². The second-order valence-corrected chi connectivity index (χ2v) is 4.81. The number of anilines is 1. The SMILES string of the molecule is CC(=O)c1ccccc1N1C=C(N2C=CN=CC2)N=CC1. The molecule has 0 saturated heterocycles. The molecule has 0 aromatic heterocycles. The molecule has 0 amide bonds. The highest BCUT2D eigenvalue weighted by molar-refractivity contribution is 6.00. The molecule has 0 bridgehead atoms. The van der Waals surface area contributed by atoms with Crippen LogP contribution in [0.1, 0.15) is 17.3 Å². The minimum atomic E-state index is 0.0630. The van der Waals surface area contributed by atoms with Crippen molar-refractivity contribution in [3.8, 4) is 0 Å². The summed E-state index contributed by atoms with van der Waals surface area (Å²) in [6, 6.07) is 7.63. The van der Waals surface area contributed by atoms with Crippen molar-refractivity contribution < 1.29 is 4.79 Å². The Bertz CT molecular complexity index is 673. The summed E-state index contributed by atoms with van der Waals surface area (Å²) in [4.78, 5) is 24.3. The lowest BCUT2D eigenvalue weighted by molar-refractivity contribution is 0.101. The molecule has 0 spiro atoms. The summed E-state index contributed by atoms with van der Waals surface area (Å²) in [6.45, 7) is 2.94. The van der Waals surface area contributed by atoms with E-state index in [4.69, 9.17) is 0 Å². The van der Waals surface area contributed by atoms with Gasteiger partial charge in [-0.1, -0.05) is 12.1 Å². The molecule has 0 fully saturated rings. The van der Waals surface area contributed by atoms with Crippen molar-refractivity contribution in [1.29, 1.82) is 0 Å². The molecule has 0 atom stereocenters. The van der Waals surface area contributed by atoms with Crippen LogP contribution in [0.4, 0.5) is 5.69 Å². The molecule has 106 valence electrons. The van der Waals surface area contributed by atoms with E-state index in [0.717, 1.165) is 17.1 Å². The number of Topliss-reactive ketones (excluding diaryl/α,β-unsaturated/α-hetero) is 1. The average Bonchev–Trinajstić information content (AvgIpc) is 2.56. The Morgan fingerprint density at radius 3 is 2.71 bits per heavy atom. The van der Waals surface area contributed by atoms with E-state index >= 15 is 0 Å². The number of rotatable bonds is 3. The standard InChI is InChI=1S/C16H16N4O/c1-13(21)14-4-2-3-5-15(14)20-11-8-18-16(12-20)19-9-6-17-7-10-19/h2-9,12H,10-11H2,1H3. The first-order valence-electron chi connectivity index (χ1n) is 6.81. The molecule has 1 aromatic carbocycles. The van der Waals surface area contributed by atoms with E-state index in [9.17, 15) is 4.79 Å². The Balaban J connectivity index is 1.92. The van der Waals surface area contributed by atoms with E-state index in [2.05, 4.69) is 9.98 Å². The van der Waals surface area contributed by atoms with E-state index in [1.165, 1.54) is 0 Å². The Labute approximate surface area is 123 Å². The number of hydrogen-bond donors (Lipinski definition) is 0. The first-order valence-corrected chi connectivity index (χ1v) is 6.81. The third kappa shape index (κ3) is 2.76. The molecule has 0 radical (unpaired) electrons. The molecule has 1 aromatic rings. The van der Waals surface area contributed by atoms with Gasteiger partial charge in [-0.15, -0.1) is 0 Å². The molecule has 0 N–H and O–H groups in total. The van der Waals surface area contributed by atoms with E-state index in [1.807, 2.05) is 58.9 Å². The molecule has 0 aliphatic carbocycles. The van der Waals surface area contributed by atoms with Gasteiger partial charge in [0, 0.05) is 36.6 Å². The summed E-state index contributed by atoms with van der Waals surface area (Å²) in [7, 11) is 0. The largest absolute Gasteiger partial charge is 0.338 e. The van der Waals surface area contributed by atoms with E-state index < -0.39 is 0 Å². The van der Waals surface area contributed by atoms with Crippen LogP contribution in [0, 0.1) is 0 Å². The summed E-state index contributed by atoms with van der Waals surface area (Å²) >= 11 is 0. The van der Waals surface area contributed by atoms with Crippen molar-refractivity contribution in [2.45, 2.75) is 6.92 Å². The minimum Gasteiger partial charge on any atom is -0.338 e. The molecule has 2 heterocycles. The fourth-order valence-electron chi connectivity index (χ4n) is 2.33. The maximum absolute atomic E-state index is 11.8. The smallest absolute Gasteiger partial charge is 0.161 e. The maximum Gasteiger partial charge on any atom is 0.161 e. The lowest BCUT2D eigenvalue weighted by Gasteiger charge is -2.28. The number of aliphatic imine (C=N–C) groups is 2. The topological polar surface area (TPSA) is 48.3 Å². The molecule has 5 heteroatoms. The number of para-hydroxylation sites is 1. The van der Waals surface area contributed by atoms with Gasteiger partial charge in [0.05, 0.1) is 18.8 Å². The third-order valence-electron chi connectivity index (χ3n) is 3.38. The lowest BCUT2D eigenvalue weighted by atomic mass is 10.1. The van der Waals surface area contributed by atoms with Gasteiger partial charge in [0.2, 0.25) is 0 Å². The predicted molar refractivity (Wildman–Crippen MR) is 84.7 cm³/mol. The minimum absolute atomic E-state index is 0.0630. The summed E-state index contributed by atoms with van der Waals surface area (Å²) < 4.78 is 0. The highest BCUT2D eigenvalue weighted by Crippen LogP contribution is 2.24. The number of benzene rings is 1. The molecule has 0 saturated carbocycles. The van der Waals surface area contributed by atoms with Crippen molar-refractivity contribution in [2.75, 3.05) is 18.0 Å². The van der Waals surface area contributed by atoms with Gasteiger partial charge in [-0.05, 0) is 19.1 Å². The fraction of sp³-hybridized carbons (Fsp3) is 0.188. The van der Waals surface area contributed by atoms with Crippen LogP contribution in [0.15, 0.2) is 58.7 Å². The van der Waals surface area contributed by atoms with Crippen LogP contribution in [0.25, 0.3) is 0 Å². The summed E-state index contributed by atoms with van der Waals surface area (Å²) in [5.41, 5.74) is 1.63. The van der Waals surface area contributed by atoms with Gasteiger partial charge in [-0.2, -0.15) is 0 Å². The number of ketones is 1. The number of nitrogens with zero attached hydrogens (tertiary/aromatic N) is 4. The van der Waals surface area contributed by atoms with E-state index in [-0.39, 0.29) is 5.78 Å². The molecule has 3 rings (SSSR count). The molecule has 2 aliphatic heterocycles. The van der Waals surface area contributed by atoms with Crippen molar-refractivity contribution >= 4 is 23.9 Å². The molecular formula is C16H16N4O. The van der Waals surface area contributed by atoms with Gasteiger partial charge in [0.1, 0.15) is 5.82 Å².